The minimum Gasteiger partial charge on any atom is -0.297 e. The third-order valence-electron chi connectivity index (χ3n) is 2.43. The Labute approximate surface area is 104 Å². The lowest BCUT2D eigenvalue weighted by Crippen LogP contribution is -2.28. The average molecular weight is 263 g/mol. The van der Waals surface area contributed by atoms with Gasteiger partial charge in [-0.1, -0.05) is 18.5 Å². The first-order chi connectivity index (χ1) is 7.24. The van der Waals surface area contributed by atoms with Crippen molar-refractivity contribution < 1.29 is 0 Å². The van der Waals surface area contributed by atoms with Gasteiger partial charge in [0.1, 0.15) is 0 Å². The molecule has 0 N–H and O–H groups in total. The van der Waals surface area contributed by atoms with E-state index in [-0.39, 0.29) is 0 Å². The van der Waals surface area contributed by atoms with Crippen molar-refractivity contribution in [2.75, 3.05) is 24.6 Å². The predicted molar refractivity (Wildman–Crippen MR) is 68.9 cm³/mol. The Morgan fingerprint density at radius 3 is 3.27 bits per heavy atom. The van der Waals surface area contributed by atoms with Gasteiger partial charge < -0.3 is 0 Å². The van der Waals surface area contributed by atoms with Crippen LogP contribution in [0.4, 0.5) is 0 Å². The first-order valence-corrected chi connectivity index (χ1v) is 7.49. The zero-order valence-corrected chi connectivity index (χ0v) is 11.2. The molecule has 0 aliphatic carbocycles. The topological polar surface area (TPSA) is 16.1 Å². The zero-order valence-electron chi connectivity index (χ0n) is 8.78. The Morgan fingerprint density at radius 1 is 1.67 bits per heavy atom. The quantitative estimate of drug-likeness (QED) is 0.815. The van der Waals surface area contributed by atoms with Gasteiger partial charge in [-0.2, -0.15) is 11.8 Å². The van der Waals surface area contributed by atoms with E-state index in [0.29, 0.717) is 4.47 Å². The summed E-state index contributed by atoms with van der Waals surface area (Å²) >= 11 is 9.48. The Hall–Kier alpha value is 0.230. The summed E-state index contributed by atoms with van der Waals surface area (Å²) < 4.78 is 0.655. The molecule has 2 heterocycles. The Balaban J connectivity index is 1.92. The van der Waals surface area contributed by atoms with Gasteiger partial charge in [-0.25, -0.2) is 4.98 Å². The highest BCUT2D eigenvalue weighted by atomic mass is 35.5. The van der Waals surface area contributed by atoms with Crippen molar-refractivity contribution >= 4 is 34.7 Å². The van der Waals surface area contributed by atoms with E-state index in [2.05, 4.69) is 28.6 Å². The van der Waals surface area contributed by atoms with Crippen LogP contribution in [0.2, 0.25) is 4.47 Å². The average Bonchev–Trinajstić information content (AvgIpc) is 2.46. The summed E-state index contributed by atoms with van der Waals surface area (Å²) in [6, 6.07) is 0. The lowest BCUT2D eigenvalue weighted by atomic mass is 10.2. The SMILES string of the molecule is CC1CSCCN(Cc2cnc(Cl)s2)C1. The summed E-state index contributed by atoms with van der Waals surface area (Å²) in [5, 5.41) is 0. The van der Waals surface area contributed by atoms with Gasteiger partial charge in [-0.15, -0.1) is 11.3 Å². The smallest absolute Gasteiger partial charge is 0.183 e. The minimum atomic E-state index is 0.655. The molecule has 1 aliphatic heterocycles. The van der Waals surface area contributed by atoms with Crippen LogP contribution in [-0.2, 0) is 6.54 Å². The summed E-state index contributed by atoms with van der Waals surface area (Å²) in [6.45, 7) is 5.72. The van der Waals surface area contributed by atoms with Crippen LogP contribution in [-0.4, -0.2) is 34.5 Å². The highest BCUT2D eigenvalue weighted by Gasteiger charge is 2.15. The Morgan fingerprint density at radius 2 is 2.53 bits per heavy atom. The molecule has 1 saturated heterocycles. The molecule has 1 aromatic rings. The molecule has 1 aromatic heterocycles. The fourth-order valence-corrected chi connectivity index (χ4v) is 3.87. The lowest BCUT2D eigenvalue weighted by Gasteiger charge is -2.20. The maximum Gasteiger partial charge on any atom is 0.183 e. The number of thiazole rings is 1. The van der Waals surface area contributed by atoms with Crippen LogP contribution in [0.3, 0.4) is 0 Å². The molecular weight excluding hydrogens is 248 g/mol. The van der Waals surface area contributed by atoms with Gasteiger partial charge in [-0.05, 0) is 11.7 Å². The van der Waals surface area contributed by atoms with Crippen LogP contribution in [0.5, 0.6) is 0 Å². The van der Waals surface area contributed by atoms with E-state index in [9.17, 15) is 0 Å². The number of halogens is 1. The van der Waals surface area contributed by atoms with E-state index in [0.717, 1.165) is 12.5 Å². The molecule has 0 radical (unpaired) electrons. The van der Waals surface area contributed by atoms with Gasteiger partial charge in [0.15, 0.2) is 4.47 Å². The van der Waals surface area contributed by atoms with E-state index in [1.165, 1.54) is 29.5 Å². The molecule has 2 rings (SSSR count). The van der Waals surface area contributed by atoms with Crippen LogP contribution in [0.1, 0.15) is 11.8 Å². The molecule has 0 amide bonds. The van der Waals surface area contributed by atoms with E-state index in [1.807, 2.05) is 6.20 Å². The van der Waals surface area contributed by atoms with Crippen molar-refractivity contribution in [2.24, 2.45) is 5.92 Å². The molecule has 1 fully saturated rings. The molecule has 1 atom stereocenters. The summed E-state index contributed by atoms with van der Waals surface area (Å²) in [7, 11) is 0. The third-order valence-corrected chi connectivity index (χ3v) is 4.80. The largest absolute Gasteiger partial charge is 0.297 e. The minimum absolute atomic E-state index is 0.655. The van der Waals surface area contributed by atoms with Gasteiger partial charge in [-0.3, -0.25) is 4.90 Å². The number of hydrogen-bond acceptors (Lipinski definition) is 4. The third kappa shape index (κ3) is 3.63. The van der Waals surface area contributed by atoms with E-state index in [4.69, 9.17) is 11.6 Å². The van der Waals surface area contributed by atoms with Crippen LogP contribution in [0, 0.1) is 5.92 Å². The summed E-state index contributed by atoms with van der Waals surface area (Å²) in [5.74, 6) is 3.33. The normalized spacial score (nSPS) is 24.0. The molecule has 1 aliphatic rings. The number of nitrogens with zero attached hydrogens (tertiary/aromatic N) is 2. The van der Waals surface area contributed by atoms with Crippen molar-refractivity contribution in [2.45, 2.75) is 13.5 Å². The highest BCUT2D eigenvalue weighted by molar-refractivity contribution is 7.99. The van der Waals surface area contributed by atoms with Gasteiger partial charge in [0.2, 0.25) is 0 Å². The maximum atomic E-state index is 5.82. The van der Waals surface area contributed by atoms with Crippen LogP contribution in [0.25, 0.3) is 0 Å². The fraction of sp³-hybridized carbons (Fsp3) is 0.700. The molecule has 1 unspecified atom stereocenters. The first-order valence-electron chi connectivity index (χ1n) is 5.14. The summed E-state index contributed by atoms with van der Waals surface area (Å²) in [4.78, 5) is 7.86. The fourth-order valence-electron chi connectivity index (χ4n) is 1.78. The van der Waals surface area contributed by atoms with Crippen LogP contribution in [0.15, 0.2) is 6.20 Å². The number of thioether (sulfide) groups is 1. The second kappa shape index (κ2) is 5.53. The molecular formula is C10H15ClN2S2. The molecule has 2 nitrogen and oxygen atoms in total. The van der Waals surface area contributed by atoms with Crippen molar-refractivity contribution in [3.8, 4) is 0 Å². The van der Waals surface area contributed by atoms with Crippen LogP contribution < -0.4 is 0 Å². The van der Waals surface area contributed by atoms with Crippen molar-refractivity contribution in [3.05, 3.63) is 15.5 Å². The maximum absolute atomic E-state index is 5.82. The molecule has 0 aromatic carbocycles. The van der Waals surface area contributed by atoms with Crippen LogP contribution >= 0.6 is 34.7 Å². The molecule has 15 heavy (non-hydrogen) atoms. The monoisotopic (exact) mass is 262 g/mol. The van der Waals surface area contributed by atoms with Gasteiger partial charge in [0.25, 0.3) is 0 Å². The molecule has 0 saturated carbocycles. The second-order valence-electron chi connectivity index (χ2n) is 3.99. The van der Waals surface area contributed by atoms with E-state index in [1.54, 1.807) is 11.3 Å². The van der Waals surface area contributed by atoms with Crippen molar-refractivity contribution in [3.63, 3.8) is 0 Å². The number of rotatable bonds is 2. The van der Waals surface area contributed by atoms with E-state index >= 15 is 0 Å². The van der Waals surface area contributed by atoms with E-state index < -0.39 is 0 Å². The highest BCUT2D eigenvalue weighted by Crippen LogP contribution is 2.22. The molecule has 0 bridgehead atoms. The zero-order chi connectivity index (χ0) is 10.7. The summed E-state index contributed by atoms with van der Waals surface area (Å²) in [6.07, 6.45) is 1.90. The molecule has 0 spiro atoms. The van der Waals surface area contributed by atoms with Gasteiger partial charge in [0, 0.05) is 36.5 Å². The van der Waals surface area contributed by atoms with Gasteiger partial charge >= 0.3 is 0 Å². The second-order valence-corrected chi connectivity index (χ2v) is 6.84. The predicted octanol–water partition coefficient (Wildman–Crippen LogP) is 2.98. The standard InChI is InChI=1S/C10H15ClN2S2/c1-8-5-13(2-3-14-7-8)6-9-4-12-10(11)15-9/h4,8H,2-3,5-7H2,1H3. The molecule has 84 valence electrons. The Bertz CT molecular complexity index is 316. The summed E-state index contributed by atoms with van der Waals surface area (Å²) in [5.41, 5.74) is 0. The Kier molecular flexibility index (Phi) is 4.31. The lowest BCUT2D eigenvalue weighted by molar-refractivity contribution is 0.259. The number of aromatic nitrogens is 1. The number of hydrogen-bond donors (Lipinski definition) is 0. The first kappa shape index (κ1) is 11.7. The molecule has 5 heteroatoms. The van der Waals surface area contributed by atoms with Crippen molar-refractivity contribution in [1.29, 1.82) is 0 Å². The van der Waals surface area contributed by atoms with Crippen molar-refractivity contribution in [1.82, 2.24) is 9.88 Å². The van der Waals surface area contributed by atoms with Gasteiger partial charge in [0.05, 0.1) is 0 Å².